The van der Waals surface area contributed by atoms with Gasteiger partial charge >= 0.3 is 0 Å². The highest BCUT2D eigenvalue weighted by Crippen LogP contribution is 2.38. The summed E-state index contributed by atoms with van der Waals surface area (Å²) in [6, 6.07) is 18.2. The maximum atomic E-state index is 12.9. The molecule has 1 atom stereocenters. The van der Waals surface area contributed by atoms with Gasteiger partial charge in [0.25, 0.3) is 0 Å². The van der Waals surface area contributed by atoms with Crippen LogP contribution in [0.2, 0.25) is 0 Å². The number of amides is 1. The standard InChI is InChI=1S/C25H25N3O2S/c1-17-9-10-22-20(14-17)25(26-21-7-3-4-8-23(21)30-22)27-11-12-28(18(2)16-27)24(29)15-19-6-5-13-31-19/h3-10,13-14,18H,11-12,15-16H2,1-2H3. The van der Waals surface area contributed by atoms with E-state index in [-0.39, 0.29) is 11.9 Å². The monoisotopic (exact) mass is 431 g/mol. The fourth-order valence-corrected chi connectivity index (χ4v) is 4.96. The molecule has 5 rings (SSSR count). The summed E-state index contributed by atoms with van der Waals surface area (Å²) >= 11 is 1.64. The molecule has 158 valence electrons. The molecule has 0 aliphatic carbocycles. The van der Waals surface area contributed by atoms with Gasteiger partial charge in [0.2, 0.25) is 5.91 Å². The number of para-hydroxylation sites is 2. The van der Waals surface area contributed by atoms with Gasteiger partial charge in [-0.05, 0) is 49.6 Å². The summed E-state index contributed by atoms with van der Waals surface area (Å²) in [4.78, 5) is 23.3. The summed E-state index contributed by atoms with van der Waals surface area (Å²) in [7, 11) is 0. The van der Waals surface area contributed by atoms with Crippen molar-refractivity contribution in [2.45, 2.75) is 26.3 Å². The van der Waals surface area contributed by atoms with Crippen molar-refractivity contribution >= 4 is 28.8 Å². The molecule has 0 radical (unpaired) electrons. The van der Waals surface area contributed by atoms with Crippen molar-refractivity contribution < 1.29 is 9.53 Å². The average molecular weight is 432 g/mol. The predicted molar refractivity (Wildman–Crippen MR) is 125 cm³/mol. The molecular formula is C25H25N3O2S. The number of rotatable bonds is 2. The van der Waals surface area contributed by atoms with Crippen LogP contribution in [0.25, 0.3) is 0 Å². The number of amidine groups is 1. The van der Waals surface area contributed by atoms with Gasteiger partial charge in [-0.2, -0.15) is 0 Å². The number of aliphatic imine (C=N–C) groups is 1. The normalized spacial score (nSPS) is 17.9. The number of carbonyl (C=O) groups is 1. The van der Waals surface area contributed by atoms with Crippen LogP contribution in [0.15, 0.2) is 65.0 Å². The highest BCUT2D eigenvalue weighted by atomic mass is 32.1. The lowest BCUT2D eigenvalue weighted by atomic mass is 10.1. The number of fused-ring (bicyclic) bond motifs is 2. The average Bonchev–Trinajstić information content (AvgIpc) is 3.21. The van der Waals surface area contributed by atoms with Gasteiger partial charge in [-0.15, -0.1) is 11.3 Å². The Morgan fingerprint density at radius 1 is 1.13 bits per heavy atom. The zero-order valence-corrected chi connectivity index (χ0v) is 18.6. The zero-order valence-electron chi connectivity index (χ0n) is 17.7. The zero-order chi connectivity index (χ0) is 21.4. The van der Waals surface area contributed by atoms with Crippen LogP contribution < -0.4 is 4.74 Å². The molecule has 2 aromatic carbocycles. The second-order valence-corrected chi connectivity index (χ2v) is 9.18. The van der Waals surface area contributed by atoms with Gasteiger partial charge in [-0.3, -0.25) is 4.79 Å². The van der Waals surface area contributed by atoms with E-state index in [2.05, 4.69) is 30.9 Å². The summed E-state index contributed by atoms with van der Waals surface area (Å²) in [5.41, 5.74) is 3.00. The minimum Gasteiger partial charge on any atom is -0.454 e. The third kappa shape index (κ3) is 3.95. The van der Waals surface area contributed by atoms with E-state index in [9.17, 15) is 4.79 Å². The SMILES string of the molecule is Cc1ccc2c(c1)C(N1CCN(C(=O)Cc3cccs3)C(C)C1)=Nc1ccccc1O2. The maximum absolute atomic E-state index is 12.9. The Morgan fingerprint density at radius 3 is 2.81 bits per heavy atom. The molecule has 0 N–H and O–H groups in total. The Hall–Kier alpha value is -3.12. The highest BCUT2D eigenvalue weighted by Gasteiger charge is 2.31. The summed E-state index contributed by atoms with van der Waals surface area (Å²) in [6.07, 6.45) is 0.478. The molecule has 0 saturated carbocycles. The Labute approximate surface area is 186 Å². The molecule has 6 heteroatoms. The minimum atomic E-state index is 0.108. The molecule has 1 amide bonds. The number of benzene rings is 2. The summed E-state index contributed by atoms with van der Waals surface area (Å²) < 4.78 is 6.22. The van der Waals surface area contributed by atoms with E-state index in [4.69, 9.17) is 9.73 Å². The quantitative estimate of drug-likeness (QED) is 0.573. The van der Waals surface area contributed by atoms with Gasteiger partial charge < -0.3 is 14.5 Å². The van der Waals surface area contributed by atoms with Gasteiger partial charge in [0.05, 0.1) is 12.0 Å². The minimum absolute atomic E-state index is 0.108. The van der Waals surface area contributed by atoms with Crippen LogP contribution >= 0.6 is 11.3 Å². The lowest BCUT2D eigenvalue weighted by molar-refractivity contribution is -0.134. The van der Waals surface area contributed by atoms with Crippen LogP contribution in [0.4, 0.5) is 5.69 Å². The number of hydrogen-bond donors (Lipinski definition) is 0. The van der Waals surface area contributed by atoms with Crippen molar-refractivity contribution in [3.8, 4) is 11.5 Å². The summed E-state index contributed by atoms with van der Waals surface area (Å²) in [5, 5.41) is 2.02. The van der Waals surface area contributed by atoms with E-state index < -0.39 is 0 Å². The van der Waals surface area contributed by atoms with Crippen molar-refractivity contribution in [2.24, 2.45) is 4.99 Å². The van der Waals surface area contributed by atoms with Crippen LogP contribution in [0.3, 0.4) is 0 Å². The van der Waals surface area contributed by atoms with E-state index in [1.807, 2.05) is 52.7 Å². The lowest BCUT2D eigenvalue weighted by Gasteiger charge is -2.41. The number of carbonyl (C=O) groups excluding carboxylic acids is 1. The smallest absolute Gasteiger partial charge is 0.228 e. The number of thiophene rings is 1. The first-order valence-electron chi connectivity index (χ1n) is 10.6. The van der Waals surface area contributed by atoms with Crippen molar-refractivity contribution in [2.75, 3.05) is 19.6 Å². The number of hydrogen-bond acceptors (Lipinski definition) is 5. The molecule has 1 saturated heterocycles. The first kappa shape index (κ1) is 19.8. The summed E-state index contributed by atoms with van der Waals surface area (Å²) in [5.74, 6) is 2.70. The second kappa shape index (κ2) is 8.19. The molecule has 1 unspecified atom stereocenters. The lowest BCUT2D eigenvalue weighted by Crippen LogP contribution is -2.55. The Balaban J connectivity index is 1.43. The second-order valence-electron chi connectivity index (χ2n) is 8.14. The largest absolute Gasteiger partial charge is 0.454 e. The van der Waals surface area contributed by atoms with Crippen molar-refractivity contribution in [1.82, 2.24) is 9.80 Å². The molecule has 1 aromatic heterocycles. The Kier molecular flexibility index (Phi) is 5.24. The molecule has 2 aliphatic rings. The van der Waals surface area contributed by atoms with Crippen LogP contribution in [0.1, 0.15) is 22.9 Å². The van der Waals surface area contributed by atoms with Gasteiger partial charge in [0.1, 0.15) is 17.3 Å². The van der Waals surface area contributed by atoms with Crippen molar-refractivity contribution in [1.29, 1.82) is 0 Å². The Bertz CT molecular complexity index is 1140. The molecular weight excluding hydrogens is 406 g/mol. The van der Waals surface area contributed by atoms with Gasteiger partial charge in [0.15, 0.2) is 5.75 Å². The van der Waals surface area contributed by atoms with E-state index >= 15 is 0 Å². The first-order valence-corrected chi connectivity index (χ1v) is 11.5. The van der Waals surface area contributed by atoms with E-state index in [1.54, 1.807) is 11.3 Å². The highest BCUT2D eigenvalue weighted by molar-refractivity contribution is 7.10. The van der Waals surface area contributed by atoms with Crippen LogP contribution in [0, 0.1) is 6.92 Å². The molecule has 3 aromatic rings. The molecule has 2 aliphatic heterocycles. The van der Waals surface area contributed by atoms with E-state index in [0.29, 0.717) is 13.0 Å². The van der Waals surface area contributed by atoms with Gasteiger partial charge in [0, 0.05) is 30.6 Å². The van der Waals surface area contributed by atoms with Crippen LogP contribution in [0.5, 0.6) is 11.5 Å². The third-order valence-corrected chi connectivity index (χ3v) is 6.72. The van der Waals surface area contributed by atoms with Crippen LogP contribution in [-0.2, 0) is 11.2 Å². The fourth-order valence-electron chi connectivity index (χ4n) is 4.26. The maximum Gasteiger partial charge on any atom is 0.228 e. The molecule has 31 heavy (non-hydrogen) atoms. The van der Waals surface area contributed by atoms with E-state index in [0.717, 1.165) is 46.6 Å². The van der Waals surface area contributed by atoms with Crippen molar-refractivity contribution in [3.05, 3.63) is 76.0 Å². The van der Waals surface area contributed by atoms with Crippen LogP contribution in [-0.4, -0.2) is 47.2 Å². The number of piperazine rings is 1. The third-order valence-electron chi connectivity index (χ3n) is 5.84. The molecule has 0 spiro atoms. The molecule has 5 nitrogen and oxygen atoms in total. The van der Waals surface area contributed by atoms with Gasteiger partial charge in [-0.25, -0.2) is 4.99 Å². The Morgan fingerprint density at radius 2 is 2.00 bits per heavy atom. The number of aryl methyl sites for hydroxylation is 1. The predicted octanol–water partition coefficient (Wildman–Crippen LogP) is 5.02. The fraction of sp³-hybridized carbons (Fsp3) is 0.280. The number of ether oxygens (including phenoxy) is 1. The van der Waals surface area contributed by atoms with E-state index in [1.165, 1.54) is 5.56 Å². The molecule has 3 heterocycles. The van der Waals surface area contributed by atoms with Gasteiger partial charge in [-0.1, -0.05) is 29.8 Å². The topological polar surface area (TPSA) is 45.1 Å². The first-order chi connectivity index (χ1) is 15.1. The molecule has 1 fully saturated rings. The number of nitrogens with zero attached hydrogens (tertiary/aromatic N) is 3. The van der Waals surface area contributed by atoms with Crippen molar-refractivity contribution in [3.63, 3.8) is 0 Å². The molecule has 0 bridgehead atoms. The summed E-state index contributed by atoms with van der Waals surface area (Å²) in [6.45, 7) is 6.38.